The highest BCUT2D eigenvalue weighted by Gasteiger charge is 2.45. The summed E-state index contributed by atoms with van der Waals surface area (Å²) in [5.41, 5.74) is -0.873. The van der Waals surface area contributed by atoms with E-state index < -0.39 is 34.6 Å². The molecule has 2 rings (SSSR count). The molecule has 0 spiro atoms. The molecule has 0 radical (unpaired) electrons. The van der Waals surface area contributed by atoms with Crippen LogP contribution in [0.1, 0.15) is 12.8 Å². The molecule has 2 N–H and O–H groups in total. The molecule has 0 heterocycles. The van der Waals surface area contributed by atoms with Gasteiger partial charge in [-0.05, 0) is 25.8 Å². The fourth-order valence-electron chi connectivity index (χ4n) is 2.16. The number of rotatable bonds is 6. The van der Waals surface area contributed by atoms with Crippen molar-refractivity contribution in [2.24, 2.45) is 5.92 Å². The van der Waals surface area contributed by atoms with E-state index in [2.05, 4.69) is 5.32 Å². The smallest absolute Gasteiger partial charge is 0.203 e. The van der Waals surface area contributed by atoms with Gasteiger partial charge in [0.15, 0.2) is 17.4 Å². The SMILES string of the molecule is CNC(CO)(COc1c(F)c(F)cc(F)c1F)C1CC1. The zero-order valence-electron chi connectivity index (χ0n) is 10.9. The first-order chi connectivity index (χ1) is 9.45. The highest BCUT2D eigenvalue weighted by Crippen LogP contribution is 2.40. The average molecular weight is 293 g/mol. The van der Waals surface area contributed by atoms with Gasteiger partial charge in [-0.1, -0.05) is 0 Å². The molecule has 1 aliphatic carbocycles. The van der Waals surface area contributed by atoms with E-state index in [-0.39, 0.29) is 25.2 Å². The topological polar surface area (TPSA) is 41.5 Å². The molecule has 0 saturated heterocycles. The van der Waals surface area contributed by atoms with E-state index in [1.54, 1.807) is 7.05 Å². The van der Waals surface area contributed by atoms with Gasteiger partial charge in [0.2, 0.25) is 11.6 Å². The minimum atomic E-state index is -1.58. The Labute approximate surface area is 113 Å². The summed E-state index contributed by atoms with van der Waals surface area (Å²) in [6.45, 7) is -0.601. The normalized spacial score (nSPS) is 17.9. The van der Waals surface area contributed by atoms with Crippen LogP contribution in [0.25, 0.3) is 0 Å². The third kappa shape index (κ3) is 2.60. The van der Waals surface area contributed by atoms with Gasteiger partial charge < -0.3 is 15.2 Å². The Bertz CT molecular complexity index is 475. The van der Waals surface area contributed by atoms with Crippen LogP contribution in [0.5, 0.6) is 5.75 Å². The predicted molar refractivity (Wildman–Crippen MR) is 63.4 cm³/mol. The molecule has 1 unspecified atom stereocenters. The van der Waals surface area contributed by atoms with Crippen LogP contribution in [0.15, 0.2) is 6.07 Å². The lowest BCUT2D eigenvalue weighted by atomic mass is 9.95. The van der Waals surface area contributed by atoms with Crippen molar-refractivity contribution in [3.8, 4) is 5.75 Å². The van der Waals surface area contributed by atoms with E-state index >= 15 is 0 Å². The van der Waals surface area contributed by atoms with Gasteiger partial charge in [0, 0.05) is 6.07 Å². The van der Waals surface area contributed by atoms with E-state index in [0.717, 1.165) is 12.8 Å². The van der Waals surface area contributed by atoms with Crippen LogP contribution in [-0.2, 0) is 0 Å². The molecule has 0 aliphatic heterocycles. The number of aliphatic hydroxyl groups excluding tert-OH is 1. The Morgan fingerprint density at radius 2 is 1.80 bits per heavy atom. The first-order valence-corrected chi connectivity index (χ1v) is 6.20. The largest absolute Gasteiger partial charge is 0.485 e. The van der Waals surface area contributed by atoms with Crippen molar-refractivity contribution < 1.29 is 27.4 Å². The molecule has 1 aromatic rings. The molecule has 1 saturated carbocycles. The standard InChI is InChI=1S/C13H15F4NO2/c1-18-13(5-19,7-2-3-7)6-20-12-10(16)8(14)4-9(15)11(12)17/h4,7,18-19H,2-3,5-6H2,1H3. The Hall–Kier alpha value is -1.34. The van der Waals surface area contributed by atoms with Crippen molar-refractivity contribution in [3.63, 3.8) is 0 Å². The van der Waals surface area contributed by atoms with Crippen LogP contribution in [0, 0.1) is 29.2 Å². The molecule has 20 heavy (non-hydrogen) atoms. The number of nitrogens with one attached hydrogen (secondary N) is 1. The predicted octanol–water partition coefficient (Wildman–Crippen LogP) is 1.98. The van der Waals surface area contributed by atoms with E-state index in [4.69, 9.17) is 4.74 Å². The highest BCUT2D eigenvalue weighted by atomic mass is 19.2. The second-order valence-corrected chi connectivity index (χ2v) is 4.92. The van der Waals surface area contributed by atoms with Crippen molar-refractivity contribution in [3.05, 3.63) is 29.3 Å². The van der Waals surface area contributed by atoms with Crippen molar-refractivity contribution >= 4 is 0 Å². The minimum Gasteiger partial charge on any atom is -0.485 e. The minimum absolute atomic E-state index is 0.0991. The summed E-state index contributed by atoms with van der Waals surface area (Å²) in [7, 11) is 1.58. The monoisotopic (exact) mass is 293 g/mol. The molecule has 3 nitrogen and oxygen atoms in total. The van der Waals surface area contributed by atoms with Crippen molar-refractivity contribution in [2.75, 3.05) is 20.3 Å². The molecule has 0 aromatic heterocycles. The molecule has 0 amide bonds. The first kappa shape index (κ1) is 15.1. The number of hydrogen-bond acceptors (Lipinski definition) is 3. The van der Waals surface area contributed by atoms with Crippen molar-refractivity contribution in [1.82, 2.24) is 5.32 Å². The van der Waals surface area contributed by atoms with Crippen LogP contribution in [-0.4, -0.2) is 30.9 Å². The summed E-state index contributed by atoms with van der Waals surface area (Å²) < 4.78 is 57.9. The van der Waals surface area contributed by atoms with Gasteiger partial charge in [-0.25, -0.2) is 8.78 Å². The molecule has 7 heteroatoms. The van der Waals surface area contributed by atoms with E-state index in [1.807, 2.05) is 0 Å². The van der Waals surface area contributed by atoms with Gasteiger partial charge in [0.25, 0.3) is 0 Å². The average Bonchev–Trinajstić information content (AvgIpc) is 3.26. The van der Waals surface area contributed by atoms with Crippen LogP contribution < -0.4 is 10.1 Å². The number of likely N-dealkylation sites (N-methyl/N-ethyl adjacent to an activating group) is 1. The second-order valence-electron chi connectivity index (χ2n) is 4.92. The van der Waals surface area contributed by atoms with Crippen molar-refractivity contribution in [1.29, 1.82) is 0 Å². The number of benzene rings is 1. The van der Waals surface area contributed by atoms with E-state index in [0.29, 0.717) is 0 Å². The summed E-state index contributed by atoms with van der Waals surface area (Å²) in [5.74, 6) is -7.21. The fourth-order valence-corrected chi connectivity index (χ4v) is 2.16. The van der Waals surface area contributed by atoms with Gasteiger partial charge in [0.1, 0.15) is 6.61 Å². The summed E-state index contributed by atoms with van der Waals surface area (Å²) >= 11 is 0. The zero-order valence-corrected chi connectivity index (χ0v) is 10.9. The number of hydrogen-bond donors (Lipinski definition) is 2. The lowest BCUT2D eigenvalue weighted by Gasteiger charge is -2.31. The second kappa shape index (κ2) is 5.57. The van der Waals surface area contributed by atoms with E-state index in [9.17, 15) is 22.7 Å². The lowest BCUT2D eigenvalue weighted by molar-refractivity contribution is 0.0864. The van der Waals surface area contributed by atoms with Crippen LogP contribution in [0.4, 0.5) is 17.6 Å². The first-order valence-electron chi connectivity index (χ1n) is 6.20. The maximum Gasteiger partial charge on any atom is 0.203 e. The summed E-state index contributed by atoms with van der Waals surface area (Å²) in [5, 5.41) is 12.3. The number of aliphatic hydroxyl groups is 1. The van der Waals surface area contributed by atoms with Crippen molar-refractivity contribution in [2.45, 2.75) is 18.4 Å². The van der Waals surface area contributed by atoms with Crippen LogP contribution in [0.3, 0.4) is 0 Å². The summed E-state index contributed by atoms with van der Waals surface area (Å²) in [6, 6.07) is 0.121. The van der Waals surface area contributed by atoms with Gasteiger partial charge in [-0.3, -0.25) is 0 Å². The molecular formula is C13H15F4NO2. The molecular weight excluding hydrogens is 278 g/mol. The van der Waals surface area contributed by atoms with Gasteiger partial charge in [-0.2, -0.15) is 8.78 Å². The maximum absolute atomic E-state index is 13.5. The third-order valence-corrected chi connectivity index (χ3v) is 3.68. The zero-order chi connectivity index (χ0) is 14.9. The highest BCUT2D eigenvalue weighted by molar-refractivity contribution is 5.29. The molecule has 1 aromatic carbocycles. The van der Waals surface area contributed by atoms with E-state index in [1.165, 1.54) is 0 Å². The number of halogens is 4. The van der Waals surface area contributed by atoms with Gasteiger partial charge in [0.05, 0.1) is 12.1 Å². The van der Waals surface area contributed by atoms with Crippen LogP contribution >= 0.6 is 0 Å². The molecule has 1 aliphatic rings. The number of ether oxygens (including phenoxy) is 1. The Morgan fingerprint density at radius 1 is 1.25 bits per heavy atom. The molecule has 1 atom stereocenters. The third-order valence-electron chi connectivity index (χ3n) is 3.68. The van der Waals surface area contributed by atoms with Gasteiger partial charge >= 0.3 is 0 Å². The Balaban J connectivity index is 2.22. The quantitative estimate of drug-likeness (QED) is 0.622. The summed E-state index contributed by atoms with van der Waals surface area (Å²) in [6.07, 6.45) is 1.68. The Morgan fingerprint density at radius 3 is 2.20 bits per heavy atom. The fraction of sp³-hybridized carbons (Fsp3) is 0.538. The molecule has 1 fully saturated rings. The Kier molecular flexibility index (Phi) is 4.19. The summed E-state index contributed by atoms with van der Waals surface area (Å²) in [4.78, 5) is 0. The maximum atomic E-state index is 13.5. The molecule has 112 valence electrons. The lowest BCUT2D eigenvalue weighted by Crippen LogP contribution is -2.53. The van der Waals surface area contributed by atoms with Crippen LogP contribution in [0.2, 0.25) is 0 Å². The van der Waals surface area contributed by atoms with Gasteiger partial charge in [-0.15, -0.1) is 0 Å². The molecule has 0 bridgehead atoms.